The predicted molar refractivity (Wildman–Crippen MR) is 81.1 cm³/mol. The summed E-state index contributed by atoms with van der Waals surface area (Å²) >= 11 is 0. The van der Waals surface area contributed by atoms with Gasteiger partial charge in [0.05, 0.1) is 0 Å². The molecule has 2 aromatic rings. The topological polar surface area (TPSA) is 38.3 Å². The fourth-order valence-corrected chi connectivity index (χ4v) is 2.02. The van der Waals surface area contributed by atoms with Crippen LogP contribution in [0.5, 0.6) is 5.75 Å². The van der Waals surface area contributed by atoms with Crippen molar-refractivity contribution in [3.05, 3.63) is 59.7 Å². The van der Waals surface area contributed by atoms with E-state index in [-0.39, 0.29) is 5.91 Å². The van der Waals surface area contributed by atoms with Crippen LogP contribution in [0.25, 0.3) is 0 Å². The SMILES string of the molecule is Cc1cc(C)cc(O[C@H](C)C(=O)Nc2ccccc2)c1. The van der Waals surface area contributed by atoms with Gasteiger partial charge in [-0.25, -0.2) is 0 Å². The minimum atomic E-state index is -0.545. The molecule has 1 atom stereocenters. The first-order chi connectivity index (χ1) is 9.54. The number of para-hydroxylation sites is 1. The molecule has 104 valence electrons. The van der Waals surface area contributed by atoms with Gasteiger partial charge in [0.1, 0.15) is 5.75 Å². The fourth-order valence-electron chi connectivity index (χ4n) is 2.02. The van der Waals surface area contributed by atoms with Crippen LogP contribution in [0.2, 0.25) is 0 Å². The zero-order chi connectivity index (χ0) is 14.5. The van der Waals surface area contributed by atoms with Crippen LogP contribution in [0, 0.1) is 13.8 Å². The minimum absolute atomic E-state index is 0.157. The standard InChI is InChI=1S/C17H19NO2/c1-12-9-13(2)11-16(10-12)20-14(3)17(19)18-15-7-5-4-6-8-15/h4-11,14H,1-3H3,(H,18,19)/t14-/m1/s1. The average molecular weight is 269 g/mol. The third-order valence-corrected chi connectivity index (χ3v) is 2.92. The van der Waals surface area contributed by atoms with E-state index in [1.807, 2.05) is 56.3 Å². The van der Waals surface area contributed by atoms with Crippen LogP contribution in [0.1, 0.15) is 18.1 Å². The Hall–Kier alpha value is -2.29. The number of rotatable bonds is 4. The summed E-state index contributed by atoms with van der Waals surface area (Å²) in [5, 5.41) is 2.83. The largest absolute Gasteiger partial charge is 0.481 e. The number of carbonyl (C=O) groups excluding carboxylic acids is 1. The maximum absolute atomic E-state index is 12.1. The van der Waals surface area contributed by atoms with E-state index in [1.54, 1.807) is 6.92 Å². The van der Waals surface area contributed by atoms with Crippen LogP contribution in [0.3, 0.4) is 0 Å². The molecular formula is C17H19NO2. The highest BCUT2D eigenvalue weighted by molar-refractivity contribution is 5.94. The molecule has 0 aliphatic rings. The number of benzene rings is 2. The zero-order valence-corrected chi connectivity index (χ0v) is 12.0. The third-order valence-electron chi connectivity index (χ3n) is 2.92. The van der Waals surface area contributed by atoms with Crippen molar-refractivity contribution in [1.29, 1.82) is 0 Å². The number of hydrogen-bond donors (Lipinski definition) is 1. The molecular weight excluding hydrogens is 250 g/mol. The Morgan fingerprint density at radius 1 is 1.05 bits per heavy atom. The number of hydrogen-bond acceptors (Lipinski definition) is 2. The van der Waals surface area contributed by atoms with E-state index in [0.717, 1.165) is 22.6 Å². The van der Waals surface area contributed by atoms with Gasteiger partial charge in [-0.3, -0.25) is 4.79 Å². The van der Waals surface area contributed by atoms with E-state index in [1.165, 1.54) is 0 Å². The van der Waals surface area contributed by atoms with Crippen molar-refractivity contribution in [2.24, 2.45) is 0 Å². The summed E-state index contributed by atoms with van der Waals surface area (Å²) in [5.41, 5.74) is 3.01. The fraction of sp³-hybridized carbons (Fsp3) is 0.235. The molecule has 20 heavy (non-hydrogen) atoms. The molecule has 3 heteroatoms. The van der Waals surface area contributed by atoms with Gasteiger partial charge in [-0.15, -0.1) is 0 Å². The number of aryl methyl sites for hydroxylation is 2. The third kappa shape index (κ3) is 3.85. The lowest BCUT2D eigenvalue weighted by Crippen LogP contribution is -2.30. The first-order valence-electron chi connectivity index (χ1n) is 6.65. The van der Waals surface area contributed by atoms with Gasteiger partial charge in [0.25, 0.3) is 5.91 Å². The van der Waals surface area contributed by atoms with Gasteiger partial charge in [0.15, 0.2) is 6.10 Å². The Morgan fingerprint density at radius 3 is 2.25 bits per heavy atom. The van der Waals surface area contributed by atoms with Gasteiger partial charge < -0.3 is 10.1 Å². The second kappa shape index (κ2) is 6.24. The van der Waals surface area contributed by atoms with Crippen molar-refractivity contribution in [2.75, 3.05) is 5.32 Å². The predicted octanol–water partition coefficient (Wildman–Crippen LogP) is 3.71. The highest BCUT2D eigenvalue weighted by Crippen LogP contribution is 2.18. The Kier molecular flexibility index (Phi) is 4.41. The van der Waals surface area contributed by atoms with E-state index >= 15 is 0 Å². The van der Waals surface area contributed by atoms with E-state index < -0.39 is 6.10 Å². The van der Waals surface area contributed by atoms with Crippen molar-refractivity contribution in [1.82, 2.24) is 0 Å². The molecule has 1 amide bonds. The molecule has 0 heterocycles. The molecule has 0 aliphatic heterocycles. The molecule has 3 nitrogen and oxygen atoms in total. The van der Waals surface area contributed by atoms with Crippen molar-refractivity contribution < 1.29 is 9.53 Å². The van der Waals surface area contributed by atoms with E-state index in [0.29, 0.717) is 0 Å². The number of carbonyl (C=O) groups is 1. The maximum Gasteiger partial charge on any atom is 0.265 e. The highest BCUT2D eigenvalue weighted by Gasteiger charge is 2.15. The van der Waals surface area contributed by atoms with Gasteiger partial charge in [0.2, 0.25) is 0 Å². The van der Waals surface area contributed by atoms with Gasteiger partial charge in [0, 0.05) is 5.69 Å². The maximum atomic E-state index is 12.1. The van der Waals surface area contributed by atoms with Gasteiger partial charge in [-0.05, 0) is 56.2 Å². The molecule has 0 fully saturated rings. The molecule has 0 aromatic heterocycles. The van der Waals surface area contributed by atoms with Crippen LogP contribution < -0.4 is 10.1 Å². The van der Waals surface area contributed by atoms with Crippen LogP contribution in [-0.2, 0) is 4.79 Å². The van der Waals surface area contributed by atoms with Gasteiger partial charge >= 0.3 is 0 Å². The summed E-state index contributed by atoms with van der Waals surface area (Å²) in [5.74, 6) is 0.563. The van der Waals surface area contributed by atoms with Crippen LogP contribution in [0.4, 0.5) is 5.69 Å². The van der Waals surface area contributed by atoms with Gasteiger partial charge in [-0.1, -0.05) is 24.3 Å². The molecule has 2 aromatic carbocycles. The molecule has 0 saturated heterocycles. The van der Waals surface area contributed by atoms with Crippen LogP contribution >= 0.6 is 0 Å². The second-order valence-corrected chi connectivity index (χ2v) is 4.94. The number of amides is 1. The second-order valence-electron chi connectivity index (χ2n) is 4.94. The lowest BCUT2D eigenvalue weighted by Gasteiger charge is -2.15. The van der Waals surface area contributed by atoms with Crippen LogP contribution in [-0.4, -0.2) is 12.0 Å². The first kappa shape index (κ1) is 14.1. The molecule has 0 saturated carbocycles. The lowest BCUT2D eigenvalue weighted by atomic mass is 10.1. The average Bonchev–Trinajstić information content (AvgIpc) is 2.38. The van der Waals surface area contributed by atoms with Crippen molar-refractivity contribution in [3.8, 4) is 5.75 Å². The molecule has 0 radical (unpaired) electrons. The van der Waals surface area contributed by atoms with E-state index in [9.17, 15) is 4.79 Å². The van der Waals surface area contributed by atoms with E-state index in [2.05, 4.69) is 11.4 Å². The quantitative estimate of drug-likeness (QED) is 0.919. The minimum Gasteiger partial charge on any atom is -0.481 e. The number of anilines is 1. The Bertz CT molecular complexity index is 573. The smallest absolute Gasteiger partial charge is 0.265 e. The summed E-state index contributed by atoms with van der Waals surface area (Å²) in [4.78, 5) is 12.1. The van der Waals surface area contributed by atoms with Crippen molar-refractivity contribution in [2.45, 2.75) is 26.9 Å². The molecule has 0 unspecified atom stereocenters. The highest BCUT2D eigenvalue weighted by atomic mass is 16.5. The number of ether oxygens (including phenoxy) is 1. The molecule has 0 bridgehead atoms. The van der Waals surface area contributed by atoms with Gasteiger partial charge in [-0.2, -0.15) is 0 Å². The molecule has 1 N–H and O–H groups in total. The Labute approximate surface area is 119 Å². The summed E-state index contributed by atoms with van der Waals surface area (Å²) in [7, 11) is 0. The van der Waals surface area contributed by atoms with Crippen molar-refractivity contribution >= 4 is 11.6 Å². The summed E-state index contributed by atoms with van der Waals surface area (Å²) in [6.07, 6.45) is -0.545. The zero-order valence-electron chi connectivity index (χ0n) is 12.0. The Balaban J connectivity index is 2.00. The Morgan fingerprint density at radius 2 is 1.65 bits per heavy atom. The molecule has 0 aliphatic carbocycles. The summed E-state index contributed by atoms with van der Waals surface area (Å²) in [6, 6.07) is 15.3. The molecule has 0 spiro atoms. The normalized spacial score (nSPS) is 11.8. The summed E-state index contributed by atoms with van der Waals surface area (Å²) < 4.78 is 5.70. The van der Waals surface area contributed by atoms with Crippen LogP contribution in [0.15, 0.2) is 48.5 Å². The monoisotopic (exact) mass is 269 g/mol. The summed E-state index contributed by atoms with van der Waals surface area (Å²) in [6.45, 7) is 5.76. The first-order valence-corrected chi connectivity index (χ1v) is 6.65. The number of nitrogens with one attached hydrogen (secondary N) is 1. The lowest BCUT2D eigenvalue weighted by molar-refractivity contribution is -0.122. The van der Waals surface area contributed by atoms with E-state index in [4.69, 9.17) is 4.74 Å². The molecule has 2 rings (SSSR count). The van der Waals surface area contributed by atoms with Crippen molar-refractivity contribution in [3.63, 3.8) is 0 Å².